The summed E-state index contributed by atoms with van der Waals surface area (Å²) in [6.45, 7) is 1.65. The van der Waals surface area contributed by atoms with Gasteiger partial charge in [-0.25, -0.2) is 9.59 Å². The fourth-order valence-electron chi connectivity index (χ4n) is 1.37. The number of hydrogen-bond acceptors (Lipinski definition) is 3. The molecule has 1 aromatic rings. The minimum atomic E-state index is -1.10. The first-order chi connectivity index (χ1) is 8.97. The van der Waals surface area contributed by atoms with Gasteiger partial charge in [-0.1, -0.05) is 22.9 Å². The summed E-state index contributed by atoms with van der Waals surface area (Å²) in [4.78, 5) is 22.4. The van der Waals surface area contributed by atoms with E-state index in [1.165, 1.54) is 0 Å². The maximum absolute atomic E-state index is 11.7. The highest BCUT2D eigenvalue weighted by Crippen LogP contribution is 2.20. The Morgan fingerprint density at radius 1 is 1.53 bits per heavy atom. The van der Waals surface area contributed by atoms with Gasteiger partial charge < -0.3 is 15.7 Å². The SMILES string of the molecule is CC[C@@H](NC(=O)Nc1cc(Br)ccc1C#N)C(=O)O. The smallest absolute Gasteiger partial charge is 0.326 e. The van der Waals surface area contributed by atoms with Crippen molar-refractivity contribution in [3.8, 4) is 6.07 Å². The highest BCUT2D eigenvalue weighted by atomic mass is 79.9. The molecular weight excluding hydrogens is 314 g/mol. The zero-order chi connectivity index (χ0) is 14.4. The van der Waals surface area contributed by atoms with E-state index in [9.17, 15) is 9.59 Å². The van der Waals surface area contributed by atoms with Gasteiger partial charge in [0, 0.05) is 4.47 Å². The Hall–Kier alpha value is -2.07. The number of halogens is 1. The molecule has 0 aromatic heterocycles. The number of benzene rings is 1. The first kappa shape index (κ1) is 15.0. The van der Waals surface area contributed by atoms with Crippen molar-refractivity contribution >= 4 is 33.6 Å². The molecule has 100 valence electrons. The monoisotopic (exact) mass is 325 g/mol. The number of nitrogens with zero attached hydrogens (tertiary/aromatic N) is 1. The molecule has 1 rings (SSSR count). The van der Waals surface area contributed by atoms with Gasteiger partial charge in [0.1, 0.15) is 12.1 Å². The van der Waals surface area contributed by atoms with Crippen LogP contribution in [-0.4, -0.2) is 23.1 Å². The van der Waals surface area contributed by atoms with Crippen LogP contribution in [-0.2, 0) is 4.79 Å². The van der Waals surface area contributed by atoms with Crippen molar-refractivity contribution in [2.75, 3.05) is 5.32 Å². The van der Waals surface area contributed by atoms with Gasteiger partial charge in [0.25, 0.3) is 0 Å². The lowest BCUT2D eigenvalue weighted by Crippen LogP contribution is -2.42. The molecular formula is C12H12BrN3O3. The number of nitriles is 1. The molecule has 0 unspecified atom stereocenters. The van der Waals surface area contributed by atoms with E-state index in [0.29, 0.717) is 15.7 Å². The van der Waals surface area contributed by atoms with Gasteiger partial charge in [0.05, 0.1) is 11.3 Å². The molecule has 3 N–H and O–H groups in total. The van der Waals surface area contributed by atoms with E-state index in [0.717, 1.165) is 0 Å². The second-order valence-corrected chi connectivity index (χ2v) is 4.61. The standard InChI is InChI=1S/C12H12BrN3O3/c1-2-9(11(17)18)15-12(19)16-10-5-8(13)4-3-7(10)6-14/h3-5,9H,2H2,1H3,(H,17,18)(H2,15,16,19)/t9-/m1/s1. The van der Waals surface area contributed by atoms with E-state index in [1.807, 2.05) is 6.07 Å². The van der Waals surface area contributed by atoms with Crippen LogP contribution in [0, 0.1) is 11.3 Å². The Labute approximate surface area is 118 Å². The molecule has 7 heteroatoms. The minimum absolute atomic E-state index is 0.270. The molecule has 0 aliphatic heterocycles. The molecule has 0 aliphatic rings. The third kappa shape index (κ3) is 4.26. The van der Waals surface area contributed by atoms with Crippen LogP contribution in [0.3, 0.4) is 0 Å². The Morgan fingerprint density at radius 3 is 2.74 bits per heavy atom. The number of carboxylic acids is 1. The Morgan fingerprint density at radius 2 is 2.21 bits per heavy atom. The highest BCUT2D eigenvalue weighted by molar-refractivity contribution is 9.10. The number of amides is 2. The molecule has 0 saturated carbocycles. The van der Waals surface area contributed by atoms with Gasteiger partial charge in [0.2, 0.25) is 0 Å². The van der Waals surface area contributed by atoms with Crippen molar-refractivity contribution in [2.24, 2.45) is 0 Å². The maximum Gasteiger partial charge on any atom is 0.326 e. The summed E-state index contributed by atoms with van der Waals surface area (Å²) in [6, 6.07) is 5.11. The number of anilines is 1. The van der Waals surface area contributed by atoms with Gasteiger partial charge in [-0.2, -0.15) is 5.26 Å². The molecule has 0 aliphatic carbocycles. The second-order valence-electron chi connectivity index (χ2n) is 3.70. The Balaban J connectivity index is 2.80. The van der Waals surface area contributed by atoms with Crippen LogP contribution in [0.1, 0.15) is 18.9 Å². The van der Waals surface area contributed by atoms with Crippen LogP contribution >= 0.6 is 15.9 Å². The van der Waals surface area contributed by atoms with Crippen LogP contribution in [0.2, 0.25) is 0 Å². The topological polar surface area (TPSA) is 102 Å². The predicted molar refractivity (Wildman–Crippen MR) is 72.7 cm³/mol. The molecule has 1 atom stereocenters. The molecule has 0 saturated heterocycles. The number of rotatable bonds is 4. The van der Waals surface area contributed by atoms with Crippen LogP contribution in [0.5, 0.6) is 0 Å². The lowest BCUT2D eigenvalue weighted by atomic mass is 10.2. The molecule has 1 aromatic carbocycles. The van der Waals surface area contributed by atoms with Gasteiger partial charge >= 0.3 is 12.0 Å². The summed E-state index contributed by atoms with van der Waals surface area (Å²) in [7, 11) is 0. The Bertz CT molecular complexity index is 540. The normalized spacial score (nSPS) is 11.2. The second kappa shape index (κ2) is 6.75. The van der Waals surface area contributed by atoms with Crippen LogP contribution in [0.25, 0.3) is 0 Å². The molecule has 0 bridgehead atoms. The van der Waals surface area contributed by atoms with E-state index < -0.39 is 18.0 Å². The van der Waals surface area contributed by atoms with E-state index >= 15 is 0 Å². The zero-order valence-corrected chi connectivity index (χ0v) is 11.7. The van der Waals surface area contributed by atoms with Crippen molar-refractivity contribution in [2.45, 2.75) is 19.4 Å². The van der Waals surface area contributed by atoms with Crippen molar-refractivity contribution in [3.63, 3.8) is 0 Å². The van der Waals surface area contributed by atoms with Gasteiger partial charge in [-0.3, -0.25) is 0 Å². The number of nitrogens with one attached hydrogen (secondary N) is 2. The van der Waals surface area contributed by atoms with Crippen LogP contribution < -0.4 is 10.6 Å². The lowest BCUT2D eigenvalue weighted by molar-refractivity contribution is -0.139. The summed E-state index contributed by atoms with van der Waals surface area (Å²) >= 11 is 3.23. The largest absolute Gasteiger partial charge is 0.480 e. The molecule has 0 radical (unpaired) electrons. The minimum Gasteiger partial charge on any atom is -0.480 e. The maximum atomic E-state index is 11.7. The van der Waals surface area contributed by atoms with Crippen molar-refractivity contribution in [3.05, 3.63) is 28.2 Å². The molecule has 2 amide bonds. The van der Waals surface area contributed by atoms with Gasteiger partial charge in [0.15, 0.2) is 0 Å². The van der Waals surface area contributed by atoms with Crippen molar-refractivity contribution < 1.29 is 14.7 Å². The average molecular weight is 326 g/mol. The first-order valence-electron chi connectivity index (χ1n) is 5.48. The predicted octanol–water partition coefficient (Wildman–Crippen LogP) is 2.31. The Kier molecular flexibility index (Phi) is 5.33. The molecule has 0 fully saturated rings. The van der Waals surface area contributed by atoms with E-state index in [2.05, 4.69) is 26.6 Å². The number of hydrogen-bond donors (Lipinski definition) is 3. The number of aliphatic carboxylic acids is 1. The molecule has 0 spiro atoms. The van der Waals surface area contributed by atoms with Crippen LogP contribution in [0.4, 0.5) is 10.5 Å². The zero-order valence-electron chi connectivity index (χ0n) is 10.1. The molecule has 19 heavy (non-hydrogen) atoms. The van der Waals surface area contributed by atoms with Gasteiger partial charge in [-0.05, 0) is 24.6 Å². The lowest BCUT2D eigenvalue weighted by Gasteiger charge is -2.13. The number of urea groups is 1. The van der Waals surface area contributed by atoms with Crippen molar-refractivity contribution in [1.29, 1.82) is 5.26 Å². The van der Waals surface area contributed by atoms with Gasteiger partial charge in [-0.15, -0.1) is 0 Å². The summed E-state index contributed by atoms with van der Waals surface area (Å²) in [5.41, 5.74) is 0.608. The average Bonchev–Trinajstić information content (AvgIpc) is 2.35. The number of carbonyl (C=O) groups is 2. The summed E-state index contributed by atoms with van der Waals surface area (Å²) < 4.78 is 0.701. The van der Waals surface area contributed by atoms with E-state index in [1.54, 1.807) is 25.1 Å². The quantitative estimate of drug-likeness (QED) is 0.790. The fraction of sp³-hybridized carbons (Fsp3) is 0.250. The highest BCUT2D eigenvalue weighted by Gasteiger charge is 2.18. The summed E-state index contributed by atoms with van der Waals surface area (Å²) in [5.74, 6) is -1.10. The fourth-order valence-corrected chi connectivity index (χ4v) is 1.73. The summed E-state index contributed by atoms with van der Waals surface area (Å²) in [5, 5.41) is 22.5. The van der Waals surface area contributed by atoms with E-state index in [4.69, 9.17) is 10.4 Å². The summed E-state index contributed by atoms with van der Waals surface area (Å²) in [6.07, 6.45) is 0.270. The first-order valence-corrected chi connectivity index (χ1v) is 6.27. The molecule has 6 nitrogen and oxygen atoms in total. The van der Waals surface area contributed by atoms with Crippen LogP contribution in [0.15, 0.2) is 22.7 Å². The van der Waals surface area contributed by atoms with Crippen molar-refractivity contribution in [1.82, 2.24) is 5.32 Å². The number of carbonyl (C=O) groups excluding carboxylic acids is 1. The molecule has 0 heterocycles. The van der Waals surface area contributed by atoms with E-state index in [-0.39, 0.29) is 6.42 Å². The third-order valence-corrected chi connectivity index (χ3v) is 2.86. The third-order valence-electron chi connectivity index (χ3n) is 2.36. The number of carboxylic acid groups (broad SMARTS) is 1.